The van der Waals surface area contributed by atoms with Gasteiger partial charge in [0.05, 0.1) is 18.9 Å². The Hall–Kier alpha value is -1.94. The highest BCUT2D eigenvalue weighted by Crippen LogP contribution is 2.21. The summed E-state index contributed by atoms with van der Waals surface area (Å²) in [6.07, 6.45) is 0.854. The van der Waals surface area contributed by atoms with Crippen LogP contribution in [-0.2, 0) is 4.79 Å². The Balaban J connectivity index is 1.89. The topological polar surface area (TPSA) is 38.3 Å². The molecule has 2 aromatic carbocycles. The largest absolute Gasteiger partial charge is 0.497 e. The second kappa shape index (κ2) is 8.63. The zero-order valence-electron chi connectivity index (χ0n) is 13.8. The van der Waals surface area contributed by atoms with Crippen LogP contribution in [0.15, 0.2) is 53.4 Å². The van der Waals surface area contributed by atoms with E-state index in [1.165, 1.54) is 5.56 Å². The molecule has 2 aromatic rings. The summed E-state index contributed by atoms with van der Waals surface area (Å²) in [7, 11) is 1.65. The highest BCUT2D eigenvalue weighted by Gasteiger charge is 2.13. The minimum absolute atomic E-state index is 0.0343. The van der Waals surface area contributed by atoms with Gasteiger partial charge in [0.15, 0.2) is 0 Å². The summed E-state index contributed by atoms with van der Waals surface area (Å²) in [4.78, 5) is 13.3. The van der Waals surface area contributed by atoms with E-state index in [1.807, 2.05) is 36.4 Å². The van der Waals surface area contributed by atoms with E-state index in [1.54, 1.807) is 18.9 Å². The number of rotatable bonds is 7. The minimum Gasteiger partial charge on any atom is -0.497 e. The summed E-state index contributed by atoms with van der Waals surface area (Å²) < 4.78 is 5.17. The molecule has 2 rings (SSSR count). The van der Waals surface area contributed by atoms with Crippen molar-refractivity contribution < 1.29 is 9.53 Å². The average molecular weight is 329 g/mol. The van der Waals surface area contributed by atoms with Crippen LogP contribution in [0.1, 0.15) is 30.5 Å². The number of hydrogen-bond acceptors (Lipinski definition) is 3. The van der Waals surface area contributed by atoms with Gasteiger partial charge in [-0.25, -0.2) is 0 Å². The van der Waals surface area contributed by atoms with Crippen molar-refractivity contribution in [1.29, 1.82) is 0 Å². The molecule has 1 unspecified atom stereocenters. The lowest BCUT2D eigenvalue weighted by molar-refractivity contribution is -0.119. The van der Waals surface area contributed by atoms with Gasteiger partial charge in [0.1, 0.15) is 5.75 Å². The fraction of sp³-hybridized carbons (Fsp3) is 0.316. The van der Waals surface area contributed by atoms with E-state index >= 15 is 0 Å². The molecule has 0 fully saturated rings. The van der Waals surface area contributed by atoms with Gasteiger partial charge in [0.2, 0.25) is 5.91 Å². The first-order chi connectivity index (χ1) is 11.1. The number of benzene rings is 2. The number of amides is 1. The Morgan fingerprint density at radius 3 is 2.35 bits per heavy atom. The molecule has 0 aliphatic carbocycles. The quantitative estimate of drug-likeness (QED) is 0.767. The molecule has 3 nitrogen and oxygen atoms in total. The smallest absolute Gasteiger partial charge is 0.230 e. The number of carbonyl (C=O) groups is 1. The summed E-state index contributed by atoms with van der Waals surface area (Å²) in [6.45, 7) is 4.13. The maximum absolute atomic E-state index is 12.2. The number of thioether (sulfide) groups is 1. The molecule has 1 N–H and O–H groups in total. The van der Waals surface area contributed by atoms with E-state index in [0.717, 1.165) is 22.6 Å². The molecule has 0 bridgehead atoms. The zero-order valence-corrected chi connectivity index (χ0v) is 14.7. The first-order valence-corrected chi connectivity index (χ1v) is 8.73. The van der Waals surface area contributed by atoms with E-state index in [4.69, 9.17) is 4.74 Å². The van der Waals surface area contributed by atoms with E-state index < -0.39 is 0 Å². The van der Waals surface area contributed by atoms with Crippen LogP contribution in [0.25, 0.3) is 0 Å². The third-order valence-electron chi connectivity index (χ3n) is 3.65. The summed E-state index contributed by atoms with van der Waals surface area (Å²) in [5.41, 5.74) is 2.33. The van der Waals surface area contributed by atoms with E-state index in [0.29, 0.717) is 5.75 Å². The van der Waals surface area contributed by atoms with Crippen LogP contribution < -0.4 is 10.1 Å². The van der Waals surface area contributed by atoms with Crippen molar-refractivity contribution in [2.24, 2.45) is 0 Å². The first-order valence-electron chi connectivity index (χ1n) is 7.75. The van der Waals surface area contributed by atoms with Crippen LogP contribution in [0, 0.1) is 6.92 Å². The molecule has 0 radical (unpaired) electrons. The van der Waals surface area contributed by atoms with Gasteiger partial charge < -0.3 is 10.1 Å². The highest BCUT2D eigenvalue weighted by molar-refractivity contribution is 8.00. The van der Waals surface area contributed by atoms with Gasteiger partial charge in [-0.05, 0) is 43.2 Å². The first kappa shape index (κ1) is 17.4. The third kappa shape index (κ3) is 5.32. The van der Waals surface area contributed by atoms with Crippen molar-refractivity contribution in [3.05, 3.63) is 59.7 Å². The zero-order chi connectivity index (χ0) is 16.7. The molecule has 0 aliphatic rings. The van der Waals surface area contributed by atoms with Gasteiger partial charge in [0, 0.05) is 4.90 Å². The molecule has 122 valence electrons. The second-order valence-electron chi connectivity index (χ2n) is 5.40. The van der Waals surface area contributed by atoms with Gasteiger partial charge in [0.25, 0.3) is 0 Å². The van der Waals surface area contributed by atoms with E-state index in [-0.39, 0.29) is 11.9 Å². The van der Waals surface area contributed by atoms with Crippen molar-refractivity contribution in [2.45, 2.75) is 31.2 Å². The summed E-state index contributed by atoms with van der Waals surface area (Å²) >= 11 is 1.56. The molecule has 0 saturated carbocycles. The van der Waals surface area contributed by atoms with Gasteiger partial charge in [-0.3, -0.25) is 4.79 Å². The lowest BCUT2D eigenvalue weighted by Crippen LogP contribution is -2.29. The molecule has 1 amide bonds. The summed E-state index contributed by atoms with van der Waals surface area (Å²) in [5.74, 6) is 1.30. The summed E-state index contributed by atoms with van der Waals surface area (Å²) in [6, 6.07) is 16.1. The Morgan fingerprint density at radius 1 is 1.13 bits per heavy atom. The number of nitrogens with one attached hydrogen (secondary N) is 1. The molecule has 0 aliphatic heterocycles. The van der Waals surface area contributed by atoms with E-state index in [2.05, 4.69) is 31.3 Å². The number of aryl methyl sites for hydroxylation is 1. The Morgan fingerprint density at radius 2 is 1.78 bits per heavy atom. The SMILES string of the molecule is CCC(NC(=O)CSc1ccc(C)cc1)c1ccc(OC)cc1. The van der Waals surface area contributed by atoms with Crippen molar-refractivity contribution in [3.63, 3.8) is 0 Å². The van der Waals surface area contributed by atoms with Gasteiger partial charge in [-0.2, -0.15) is 0 Å². The Kier molecular flexibility index (Phi) is 6.53. The molecule has 23 heavy (non-hydrogen) atoms. The molecule has 4 heteroatoms. The molecule has 0 saturated heterocycles. The van der Waals surface area contributed by atoms with Crippen molar-refractivity contribution in [1.82, 2.24) is 5.32 Å². The number of carbonyl (C=O) groups excluding carboxylic acids is 1. The molecule has 0 spiro atoms. The van der Waals surface area contributed by atoms with Crippen molar-refractivity contribution in [3.8, 4) is 5.75 Å². The molecular weight excluding hydrogens is 306 g/mol. The minimum atomic E-state index is 0.0343. The Bertz CT molecular complexity index is 623. The number of methoxy groups -OCH3 is 1. The standard InChI is InChI=1S/C19H23NO2S/c1-4-18(15-7-9-16(22-3)10-8-15)20-19(21)13-23-17-11-5-14(2)6-12-17/h5-12,18H,4,13H2,1-3H3,(H,20,21). The third-order valence-corrected chi connectivity index (χ3v) is 4.66. The fourth-order valence-electron chi connectivity index (χ4n) is 2.28. The Labute approximate surface area is 142 Å². The molecular formula is C19H23NO2S. The van der Waals surface area contributed by atoms with Crippen LogP contribution >= 0.6 is 11.8 Å². The summed E-state index contributed by atoms with van der Waals surface area (Å²) in [5, 5.41) is 3.10. The van der Waals surface area contributed by atoms with Gasteiger partial charge in [-0.15, -0.1) is 11.8 Å². The van der Waals surface area contributed by atoms with Crippen LogP contribution in [0.3, 0.4) is 0 Å². The monoisotopic (exact) mass is 329 g/mol. The lowest BCUT2D eigenvalue weighted by atomic mass is 10.0. The fourth-order valence-corrected chi connectivity index (χ4v) is 2.99. The second-order valence-corrected chi connectivity index (χ2v) is 6.45. The molecule has 1 atom stereocenters. The van der Waals surface area contributed by atoms with E-state index in [9.17, 15) is 4.79 Å². The predicted molar refractivity (Wildman–Crippen MR) is 96.1 cm³/mol. The maximum Gasteiger partial charge on any atom is 0.230 e. The lowest BCUT2D eigenvalue weighted by Gasteiger charge is -2.17. The van der Waals surface area contributed by atoms with Crippen LogP contribution in [0.4, 0.5) is 0 Å². The van der Waals surface area contributed by atoms with Crippen molar-refractivity contribution in [2.75, 3.05) is 12.9 Å². The van der Waals surface area contributed by atoms with Crippen LogP contribution in [-0.4, -0.2) is 18.8 Å². The van der Waals surface area contributed by atoms with Crippen LogP contribution in [0.2, 0.25) is 0 Å². The predicted octanol–water partition coefficient (Wildman–Crippen LogP) is 4.36. The average Bonchev–Trinajstić information content (AvgIpc) is 2.59. The van der Waals surface area contributed by atoms with Gasteiger partial charge in [-0.1, -0.05) is 36.8 Å². The molecule has 0 heterocycles. The van der Waals surface area contributed by atoms with Gasteiger partial charge >= 0.3 is 0 Å². The van der Waals surface area contributed by atoms with Crippen molar-refractivity contribution >= 4 is 17.7 Å². The number of ether oxygens (including phenoxy) is 1. The van der Waals surface area contributed by atoms with Crippen LogP contribution in [0.5, 0.6) is 5.75 Å². The maximum atomic E-state index is 12.2. The number of hydrogen-bond donors (Lipinski definition) is 1. The highest BCUT2D eigenvalue weighted by atomic mass is 32.2. The molecule has 0 aromatic heterocycles. The normalized spacial score (nSPS) is 11.8.